The quantitative estimate of drug-likeness (QED) is 0.714. The van der Waals surface area contributed by atoms with Crippen LogP contribution >= 0.6 is 0 Å². The van der Waals surface area contributed by atoms with Crippen molar-refractivity contribution in [1.29, 1.82) is 0 Å². The van der Waals surface area contributed by atoms with E-state index in [1.54, 1.807) is 20.8 Å². The Morgan fingerprint density at radius 3 is 2.27 bits per heavy atom. The van der Waals surface area contributed by atoms with Crippen molar-refractivity contribution < 1.29 is 22.7 Å². The first-order valence-electron chi connectivity index (χ1n) is 9.25. The minimum atomic E-state index is -3.38. The summed E-state index contributed by atoms with van der Waals surface area (Å²) >= 11 is 0. The van der Waals surface area contributed by atoms with E-state index in [1.807, 2.05) is 0 Å². The molecule has 2 amide bonds. The summed E-state index contributed by atoms with van der Waals surface area (Å²) in [5.41, 5.74) is -0.699. The molecule has 8 nitrogen and oxygen atoms in total. The summed E-state index contributed by atoms with van der Waals surface area (Å²) in [6, 6.07) is -0.795. The first-order valence-corrected chi connectivity index (χ1v) is 10.8. The molecule has 0 bridgehead atoms. The standard InChI is InChI=1S/C17H31N3O5S/c1-17(2,3)25-16(22)20(11-15(21)18-4)14-8-6-5-7-13(14)19-26(23,24)12-9-10-12/h12-14,19H,5-11H2,1-4H3,(H,18,21)/t13-,14-/m1/s1. The third-order valence-corrected chi connectivity index (χ3v) is 6.61. The highest BCUT2D eigenvalue weighted by atomic mass is 32.2. The van der Waals surface area contributed by atoms with Crippen molar-refractivity contribution in [3.63, 3.8) is 0 Å². The van der Waals surface area contributed by atoms with Crippen molar-refractivity contribution in [3.8, 4) is 0 Å². The maximum absolute atomic E-state index is 12.7. The second-order valence-corrected chi connectivity index (χ2v) is 10.1. The molecule has 2 rings (SSSR count). The second-order valence-electron chi connectivity index (χ2n) is 8.10. The van der Waals surface area contributed by atoms with E-state index in [1.165, 1.54) is 11.9 Å². The molecule has 0 spiro atoms. The molecule has 0 aromatic heterocycles. The van der Waals surface area contributed by atoms with Gasteiger partial charge in [-0.15, -0.1) is 0 Å². The maximum Gasteiger partial charge on any atom is 0.411 e. The van der Waals surface area contributed by atoms with Crippen LogP contribution in [-0.4, -0.2) is 61.8 Å². The molecular formula is C17H31N3O5S. The Kier molecular flexibility index (Phi) is 6.55. The zero-order chi connectivity index (χ0) is 19.5. The molecule has 2 aliphatic rings. The Balaban J connectivity index is 2.20. The number of rotatable bonds is 6. The third kappa shape index (κ3) is 5.84. The van der Waals surface area contributed by atoms with Crippen molar-refractivity contribution in [2.45, 2.75) is 82.2 Å². The number of likely N-dealkylation sites (N-methyl/N-ethyl adjacent to an activating group) is 1. The van der Waals surface area contributed by atoms with Gasteiger partial charge in [-0.3, -0.25) is 9.69 Å². The molecule has 0 saturated heterocycles. The number of hydrogen-bond acceptors (Lipinski definition) is 5. The van der Waals surface area contributed by atoms with Crippen LogP contribution in [0.4, 0.5) is 4.79 Å². The summed E-state index contributed by atoms with van der Waals surface area (Å²) in [6.07, 6.45) is 3.80. The van der Waals surface area contributed by atoms with Gasteiger partial charge in [-0.1, -0.05) is 12.8 Å². The fourth-order valence-electron chi connectivity index (χ4n) is 3.18. The zero-order valence-corrected chi connectivity index (χ0v) is 16.9. The number of hydrogen-bond donors (Lipinski definition) is 2. The predicted molar refractivity (Wildman–Crippen MR) is 98.1 cm³/mol. The van der Waals surface area contributed by atoms with Gasteiger partial charge in [-0.05, 0) is 46.5 Å². The Hall–Kier alpha value is -1.35. The average molecular weight is 390 g/mol. The van der Waals surface area contributed by atoms with E-state index in [2.05, 4.69) is 10.0 Å². The maximum atomic E-state index is 12.7. The van der Waals surface area contributed by atoms with Crippen molar-refractivity contribution in [3.05, 3.63) is 0 Å². The fraction of sp³-hybridized carbons (Fsp3) is 0.882. The smallest absolute Gasteiger partial charge is 0.411 e. The van der Waals surface area contributed by atoms with Gasteiger partial charge in [-0.2, -0.15) is 0 Å². The molecule has 2 aliphatic carbocycles. The van der Waals surface area contributed by atoms with E-state index in [-0.39, 0.29) is 17.7 Å². The van der Waals surface area contributed by atoms with Crippen LogP contribution < -0.4 is 10.0 Å². The van der Waals surface area contributed by atoms with Gasteiger partial charge in [-0.25, -0.2) is 17.9 Å². The largest absolute Gasteiger partial charge is 0.444 e. The molecule has 150 valence electrons. The lowest BCUT2D eigenvalue weighted by molar-refractivity contribution is -0.122. The molecule has 0 heterocycles. The number of nitrogens with zero attached hydrogens (tertiary/aromatic N) is 1. The van der Waals surface area contributed by atoms with Crippen LogP contribution in [0.15, 0.2) is 0 Å². The van der Waals surface area contributed by atoms with Crippen molar-refractivity contribution in [2.75, 3.05) is 13.6 Å². The first-order chi connectivity index (χ1) is 12.0. The molecule has 2 N–H and O–H groups in total. The van der Waals surface area contributed by atoms with E-state index in [4.69, 9.17) is 4.74 Å². The van der Waals surface area contributed by atoms with Gasteiger partial charge in [0, 0.05) is 13.1 Å². The molecule has 2 saturated carbocycles. The van der Waals surface area contributed by atoms with Gasteiger partial charge in [0.15, 0.2) is 0 Å². The van der Waals surface area contributed by atoms with Crippen LogP contribution in [0.2, 0.25) is 0 Å². The van der Waals surface area contributed by atoms with E-state index < -0.39 is 33.8 Å². The van der Waals surface area contributed by atoms with Crippen LogP contribution in [0.25, 0.3) is 0 Å². The number of ether oxygens (including phenoxy) is 1. The van der Waals surface area contributed by atoms with E-state index in [0.717, 1.165) is 12.8 Å². The third-order valence-electron chi connectivity index (χ3n) is 4.63. The first kappa shape index (κ1) is 21.0. The minimum Gasteiger partial charge on any atom is -0.444 e. The molecule has 0 aromatic carbocycles. The van der Waals surface area contributed by atoms with Gasteiger partial charge in [0.1, 0.15) is 12.1 Å². The van der Waals surface area contributed by atoms with Crippen molar-refractivity contribution >= 4 is 22.0 Å². The van der Waals surface area contributed by atoms with Crippen molar-refractivity contribution in [1.82, 2.24) is 14.9 Å². The SMILES string of the molecule is CNC(=O)CN(C(=O)OC(C)(C)C)[C@@H]1CCCC[C@H]1NS(=O)(=O)C1CC1. The topological polar surface area (TPSA) is 105 Å². The summed E-state index contributed by atoms with van der Waals surface area (Å²) in [5.74, 6) is -0.315. The normalized spacial score (nSPS) is 24.0. The molecule has 0 unspecified atom stereocenters. The highest BCUT2D eigenvalue weighted by Crippen LogP contribution is 2.31. The van der Waals surface area contributed by atoms with E-state index in [0.29, 0.717) is 25.7 Å². The summed E-state index contributed by atoms with van der Waals surface area (Å²) in [7, 11) is -1.87. The van der Waals surface area contributed by atoms with Crippen LogP contribution in [0, 0.1) is 0 Å². The Morgan fingerprint density at radius 2 is 1.73 bits per heavy atom. The number of sulfonamides is 1. The molecule has 2 atom stereocenters. The summed E-state index contributed by atoms with van der Waals surface area (Å²) in [6.45, 7) is 5.13. The Morgan fingerprint density at radius 1 is 1.12 bits per heavy atom. The second kappa shape index (κ2) is 8.12. The monoisotopic (exact) mass is 389 g/mol. The molecular weight excluding hydrogens is 358 g/mol. The summed E-state index contributed by atoms with van der Waals surface area (Å²) in [5, 5.41) is 2.20. The lowest BCUT2D eigenvalue weighted by atomic mass is 9.90. The van der Waals surface area contributed by atoms with Gasteiger partial charge in [0.05, 0.1) is 11.3 Å². The average Bonchev–Trinajstić information content (AvgIpc) is 3.36. The highest BCUT2D eigenvalue weighted by Gasteiger charge is 2.42. The number of amides is 2. The van der Waals surface area contributed by atoms with Gasteiger partial charge < -0.3 is 10.1 Å². The van der Waals surface area contributed by atoms with Gasteiger partial charge in [0.2, 0.25) is 15.9 Å². The van der Waals surface area contributed by atoms with E-state index in [9.17, 15) is 18.0 Å². The molecule has 0 aliphatic heterocycles. The van der Waals surface area contributed by atoms with Crippen LogP contribution in [0.5, 0.6) is 0 Å². The molecule has 2 fully saturated rings. The van der Waals surface area contributed by atoms with Gasteiger partial charge >= 0.3 is 6.09 Å². The lowest BCUT2D eigenvalue weighted by Crippen LogP contribution is -2.57. The minimum absolute atomic E-state index is 0.155. The molecule has 0 radical (unpaired) electrons. The lowest BCUT2D eigenvalue weighted by Gasteiger charge is -2.40. The van der Waals surface area contributed by atoms with Crippen LogP contribution in [0.3, 0.4) is 0 Å². The summed E-state index contributed by atoms with van der Waals surface area (Å²) in [4.78, 5) is 26.0. The van der Waals surface area contributed by atoms with Crippen LogP contribution in [0.1, 0.15) is 59.3 Å². The van der Waals surface area contributed by atoms with E-state index >= 15 is 0 Å². The van der Waals surface area contributed by atoms with Crippen molar-refractivity contribution in [2.24, 2.45) is 0 Å². The number of nitrogens with one attached hydrogen (secondary N) is 2. The zero-order valence-electron chi connectivity index (χ0n) is 16.1. The molecule has 26 heavy (non-hydrogen) atoms. The van der Waals surface area contributed by atoms with Gasteiger partial charge in [0.25, 0.3) is 0 Å². The molecule has 0 aromatic rings. The molecule has 9 heteroatoms. The van der Waals surface area contributed by atoms with Crippen LogP contribution in [-0.2, 0) is 19.6 Å². The highest BCUT2D eigenvalue weighted by molar-refractivity contribution is 7.90. The summed E-state index contributed by atoms with van der Waals surface area (Å²) < 4.78 is 33.0. The Bertz CT molecular complexity index is 625. The number of carbonyl (C=O) groups is 2. The Labute approximate surface area is 156 Å². The predicted octanol–water partition coefficient (Wildman–Crippen LogP) is 1.36. The number of carbonyl (C=O) groups excluding carboxylic acids is 2. The fourth-order valence-corrected chi connectivity index (χ4v) is 4.82.